The molecule has 2 aliphatic carbocycles. The summed E-state index contributed by atoms with van der Waals surface area (Å²) >= 11 is 0. The second-order valence-electron chi connectivity index (χ2n) is 9.55. The number of allylic oxidation sites excluding steroid dienone is 6. The lowest BCUT2D eigenvalue weighted by Gasteiger charge is -2.13. The van der Waals surface area contributed by atoms with Gasteiger partial charge in [0, 0.05) is 16.7 Å². The molecule has 0 saturated heterocycles. The van der Waals surface area contributed by atoms with Crippen LogP contribution in [0.5, 0.6) is 0 Å². The van der Waals surface area contributed by atoms with Crippen molar-refractivity contribution >= 4 is 45.1 Å². The third-order valence-electron chi connectivity index (χ3n) is 7.28. The van der Waals surface area contributed by atoms with Crippen molar-refractivity contribution in [2.45, 2.75) is 0 Å². The molecule has 5 rings (SSSR count). The summed E-state index contributed by atoms with van der Waals surface area (Å²) in [5.41, 5.74) is 1.07. The largest absolute Gasteiger partial charge is 0.239 e. The minimum absolute atomic E-state index is 0.0538. The highest BCUT2D eigenvalue weighted by molar-refractivity contribution is 6.19. The molecule has 0 radical (unpaired) electrons. The van der Waals surface area contributed by atoms with Crippen LogP contribution in [0, 0.1) is 94.3 Å². The highest BCUT2D eigenvalue weighted by Crippen LogP contribution is 2.52. The van der Waals surface area contributed by atoms with E-state index in [0.29, 0.717) is 0 Å². The summed E-state index contributed by atoms with van der Waals surface area (Å²) in [4.78, 5) is 14.0. The molecule has 3 aromatic rings. The zero-order chi connectivity index (χ0) is 33.1. The summed E-state index contributed by atoms with van der Waals surface area (Å²) in [6.45, 7) is 30.8. The van der Waals surface area contributed by atoms with E-state index in [1.165, 1.54) is 48.5 Å². The fourth-order valence-electron chi connectivity index (χ4n) is 5.45. The van der Waals surface area contributed by atoms with Crippen LogP contribution in [0.4, 0.5) is 11.4 Å². The smallest absolute Gasteiger partial charge is 0.212 e. The molecule has 0 N–H and O–H groups in total. The van der Waals surface area contributed by atoms with Crippen molar-refractivity contribution in [3.05, 3.63) is 150 Å². The molecule has 0 bridgehead atoms. The Morgan fingerprint density at radius 3 is 1.54 bits per heavy atom. The molecule has 10 heteroatoms. The Labute approximate surface area is 262 Å². The van der Waals surface area contributed by atoms with Gasteiger partial charge >= 0.3 is 0 Å². The molecule has 0 fully saturated rings. The Kier molecular flexibility index (Phi) is 7.21. The van der Waals surface area contributed by atoms with Gasteiger partial charge in [0.05, 0.1) is 84.0 Å². The molecular formula is C36H8N10. The predicted octanol–water partition coefficient (Wildman–Crippen LogP) is 7.74. The van der Waals surface area contributed by atoms with Crippen LogP contribution in [-0.4, -0.2) is 0 Å². The SMILES string of the molecule is [C-]#[N+]C1=C(C#N)/C(=C(/C#N)c2cc([N+]#[C-])cc([N+]#[C-])c2)c2cc3c(cc21)/C(=C(\[N+]#[C-])c1cc(C#N)cc(C#N)c1)C(C#N)=C3C#N. The number of hydrogen-bond donors (Lipinski definition) is 0. The topological polar surface area (TPSA) is 160 Å². The summed E-state index contributed by atoms with van der Waals surface area (Å²) in [5, 5.41) is 60.0. The van der Waals surface area contributed by atoms with Crippen molar-refractivity contribution < 1.29 is 0 Å². The fraction of sp³-hybridized carbons (Fsp3) is 0. The Morgan fingerprint density at radius 2 is 1.07 bits per heavy atom. The molecule has 0 amide bonds. The fourth-order valence-corrected chi connectivity index (χ4v) is 5.45. The van der Waals surface area contributed by atoms with Gasteiger partial charge in [-0.3, -0.25) is 0 Å². The molecule has 0 spiro atoms. The first-order valence-electron chi connectivity index (χ1n) is 12.7. The molecule has 46 heavy (non-hydrogen) atoms. The molecule has 0 atom stereocenters. The lowest BCUT2D eigenvalue weighted by molar-refractivity contribution is 1.43. The van der Waals surface area contributed by atoms with Crippen LogP contribution in [0.3, 0.4) is 0 Å². The minimum atomic E-state index is -0.139. The van der Waals surface area contributed by atoms with E-state index in [2.05, 4.69) is 25.4 Å². The first-order chi connectivity index (χ1) is 22.4. The monoisotopic (exact) mass is 580 g/mol. The minimum Gasteiger partial charge on any atom is -0.239 e. The van der Waals surface area contributed by atoms with Gasteiger partial charge in [0.15, 0.2) is 11.4 Å². The van der Waals surface area contributed by atoms with Gasteiger partial charge in [-0.15, -0.1) is 0 Å². The molecule has 2 aliphatic rings. The van der Waals surface area contributed by atoms with E-state index >= 15 is 0 Å². The van der Waals surface area contributed by atoms with Gasteiger partial charge in [-0.2, -0.15) is 31.6 Å². The van der Waals surface area contributed by atoms with Crippen molar-refractivity contribution in [2.24, 2.45) is 0 Å². The van der Waals surface area contributed by atoms with E-state index in [0.717, 1.165) is 0 Å². The number of nitriles is 6. The third kappa shape index (κ3) is 4.27. The average molecular weight is 581 g/mol. The van der Waals surface area contributed by atoms with Gasteiger partial charge in [0.25, 0.3) is 0 Å². The van der Waals surface area contributed by atoms with Crippen LogP contribution in [0.15, 0.2) is 59.7 Å². The summed E-state index contributed by atoms with van der Waals surface area (Å²) in [6, 6.07) is 23.2. The zero-order valence-electron chi connectivity index (χ0n) is 23.1. The van der Waals surface area contributed by atoms with Gasteiger partial charge in [0.2, 0.25) is 11.4 Å². The first kappa shape index (κ1) is 29.0. The summed E-state index contributed by atoms with van der Waals surface area (Å²) in [5.74, 6) is 0. The maximum atomic E-state index is 10.3. The van der Waals surface area contributed by atoms with Gasteiger partial charge in [0.1, 0.15) is 12.1 Å². The quantitative estimate of drug-likeness (QED) is 0.223. The molecule has 0 unspecified atom stereocenters. The second kappa shape index (κ2) is 11.4. The van der Waals surface area contributed by atoms with E-state index in [4.69, 9.17) is 26.3 Å². The normalized spacial score (nSPS) is 14.2. The van der Waals surface area contributed by atoms with Gasteiger partial charge < -0.3 is 0 Å². The maximum Gasteiger partial charge on any atom is 0.212 e. The Morgan fingerprint density at radius 1 is 0.500 bits per heavy atom. The lowest BCUT2D eigenvalue weighted by atomic mass is 9.89. The van der Waals surface area contributed by atoms with Crippen molar-refractivity contribution in [1.82, 2.24) is 0 Å². The van der Waals surface area contributed by atoms with E-state index < -0.39 is 0 Å². The van der Waals surface area contributed by atoms with Crippen LogP contribution >= 0.6 is 0 Å². The summed E-state index contributed by atoms with van der Waals surface area (Å²) < 4.78 is 0. The van der Waals surface area contributed by atoms with Crippen molar-refractivity contribution in [3.8, 4) is 36.4 Å². The van der Waals surface area contributed by atoms with Gasteiger partial charge in [-0.25, -0.2) is 19.4 Å². The van der Waals surface area contributed by atoms with Crippen molar-refractivity contribution in [3.63, 3.8) is 0 Å². The molecule has 202 valence electrons. The third-order valence-corrected chi connectivity index (χ3v) is 7.28. The lowest BCUT2D eigenvalue weighted by Crippen LogP contribution is -1.96. The molecule has 0 heterocycles. The van der Waals surface area contributed by atoms with Crippen LogP contribution in [0.25, 0.3) is 53.1 Å². The highest BCUT2D eigenvalue weighted by Gasteiger charge is 2.36. The predicted molar refractivity (Wildman–Crippen MR) is 164 cm³/mol. The van der Waals surface area contributed by atoms with Crippen molar-refractivity contribution in [1.29, 1.82) is 31.6 Å². The van der Waals surface area contributed by atoms with E-state index in [1.807, 2.05) is 30.3 Å². The number of fused-ring (bicyclic) bond motifs is 2. The Balaban J connectivity index is 1.94. The number of benzene rings is 3. The van der Waals surface area contributed by atoms with Crippen LogP contribution in [0.1, 0.15) is 44.5 Å². The molecule has 0 aliphatic heterocycles. The highest BCUT2D eigenvalue weighted by atomic mass is 14.7. The first-order valence-corrected chi connectivity index (χ1v) is 12.7. The summed E-state index contributed by atoms with van der Waals surface area (Å²) in [6.07, 6.45) is 0. The number of rotatable bonds is 2. The standard InChI is InChI=1S/C36H8N10/c1-43-23-8-21(9-24(10-23)44-2)29(15-39)33-27-11-25-26(12-28(27)36(46-4)32(33)18-42)34(31(17-41)30(25)16-40)35(45-3)22-6-19(13-37)5-20(7-22)14-38/h5-12H/b33-29-,35-34+. The van der Waals surface area contributed by atoms with Gasteiger partial charge in [-0.1, -0.05) is 24.3 Å². The zero-order valence-corrected chi connectivity index (χ0v) is 23.1. The van der Waals surface area contributed by atoms with Gasteiger partial charge in [-0.05, 0) is 52.1 Å². The molecular weight excluding hydrogens is 572 g/mol. The Hall–Kier alpha value is -8.48. The van der Waals surface area contributed by atoms with Crippen LogP contribution in [0.2, 0.25) is 0 Å². The van der Waals surface area contributed by atoms with E-state index in [9.17, 15) is 31.6 Å². The van der Waals surface area contributed by atoms with E-state index in [-0.39, 0.29) is 101 Å². The second-order valence-corrected chi connectivity index (χ2v) is 9.55. The molecule has 10 nitrogen and oxygen atoms in total. The number of hydrogen-bond acceptors (Lipinski definition) is 6. The molecule has 3 aromatic carbocycles. The Bertz CT molecular complexity index is 2330. The summed E-state index contributed by atoms with van der Waals surface area (Å²) in [7, 11) is 0. The van der Waals surface area contributed by atoms with Crippen LogP contribution < -0.4 is 0 Å². The van der Waals surface area contributed by atoms with Crippen molar-refractivity contribution in [2.75, 3.05) is 0 Å². The number of nitrogens with zero attached hydrogens (tertiary/aromatic N) is 10. The molecule has 0 saturated carbocycles. The van der Waals surface area contributed by atoms with Crippen LogP contribution in [-0.2, 0) is 0 Å². The average Bonchev–Trinajstić information content (AvgIpc) is 3.57. The molecule has 0 aromatic heterocycles. The van der Waals surface area contributed by atoms with E-state index in [1.54, 1.807) is 0 Å². The maximum absolute atomic E-state index is 10.3.